The molecular formula is C31H29FN6O2. The van der Waals surface area contributed by atoms with Gasteiger partial charge in [-0.25, -0.2) is 4.39 Å². The van der Waals surface area contributed by atoms with Gasteiger partial charge in [-0.05, 0) is 64.6 Å². The number of pyridine rings is 1. The summed E-state index contributed by atoms with van der Waals surface area (Å²) in [4.78, 5) is 18.0. The maximum Gasteiger partial charge on any atom is 0.282 e. The predicted octanol–water partition coefficient (Wildman–Crippen LogP) is 4.91. The number of rotatable bonds is 5. The number of anilines is 1. The van der Waals surface area contributed by atoms with Crippen LogP contribution in [0.1, 0.15) is 37.5 Å². The number of nitrogens with two attached hydrogens (primary N) is 2. The van der Waals surface area contributed by atoms with Gasteiger partial charge in [0.25, 0.3) is 5.56 Å². The molecule has 0 amide bonds. The van der Waals surface area contributed by atoms with Crippen LogP contribution in [0, 0.1) is 11.2 Å². The van der Waals surface area contributed by atoms with Crippen LogP contribution in [0.25, 0.3) is 38.8 Å². The van der Waals surface area contributed by atoms with Crippen molar-refractivity contribution >= 4 is 22.3 Å². The minimum absolute atomic E-state index is 0.0823. The second kappa shape index (κ2) is 10.0. The number of aliphatic hydroxyl groups is 1. The molecule has 5 aromatic rings. The minimum Gasteiger partial charge on any atom is -0.398 e. The summed E-state index contributed by atoms with van der Waals surface area (Å²) in [7, 11) is 0. The Hall–Kier alpha value is -4.89. The Morgan fingerprint density at radius 3 is 2.50 bits per heavy atom. The molecule has 5 rings (SSSR count). The van der Waals surface area contributed by atoms with E-state index in [1.54, 1.807) is 54.7 Å². The van der Waals surface area contributed by atoms with Gasteiger partial charge in [-0.3, -0.25) is 15.2 Å². The lowest BCUT2D eigenvalue weighted by atomic mass is 9.86. The molecule has 0 saturated carbocycles. The van der Waals surface area contributed by atoms with Crippen molar-refractivity contribution in [1.29, 1.82) is 5.41 Å². The van der Waals surface area contributed by atoms with Crippen molar-refractivity contribution < 1.29 is 9.50 Å². The molecule has 0 saturated heterocycles. The summed E-state index contributed by atoms with van der Waals surface area (Å²) in [6.07, 6.45) is 3.09. The van der Waals surface area contributed by atoms with E-state index < -0.39 is 18.0 Å². The average molecular weight is 537 g/mol. The Morgan fingerprint density at radius 2 is 1.85 bits per heavy atom. The Kier molecular flexibility index (Phi) is 6.69. The monoisotopic (exact) mass is 536 g/mol. The molecule has 3 aromatic carbocycles. The van der Waals surface area contributed by atoms with E-state index in [1.165, 1.54) is 12.3 Å². The van der Waals surface area contributed by atoms with Crippen LogP contribution in [0.4, 0.5) is 10.1 Å². The van der Waals surface area contributed by atoms with E-state index in [4.69, 9.17) is 16.9 Å². The number of amidine groups is 1. The fourth-order valence-electron chi connectivity index (χ4n) is 4.81. The molecule has 202 valence electrons. The molecule has 2 heterocycles. The van der Waals surface area contributed by atoms with Gasteiger partial charge in [-0.15, -0.1) is 0 Å². The zero-order valence-electron chi connectivity index (χ0n) is 22.4. The van der Waals surface area contributed by atoms with Crippen LogP contribution < -0.4 is 17.0 Å². The van der Waals surface area contributed by atoms with E-state index in [0.29, 0.717) is 50.3 Å². The van der Waals surface area contributed by atoms with Crippen LogP contribution in [-0.4, -0.2) is 25.7 Å². The van der Waals surface area contributed by atoms with Crippen molar-refractivity contribution in [3.63, 3.8) is 0 Å². The summed E-state index contributed by atoms with van der Waals surface area (Å²) in [6, 6.07) is 17.1. The van der Waals surface area contributed by atoms with Crippen molar-refractivity contribution in [2.45, 2.75) is 32.8 Å². The van der Waals surface area contributed by atoms with Gasteiger partial charge in [0.1, 0.15) is 11.7 Å². The Balaban J connectivity index is 1.74. The molecule has 40 heavy (non-hydrogen) atoms. The van der Waals surface area contributed by atoms with Crippen molar-refractivity contribution in [2.75, 3.05) is 5.73 Å². The summed E-state index contributed by atoms with van der Waals surface area (Å²) in [6.45, 7) is 5.46. The summed E-state index contributed by atoms with van der Waals surface area (Å²) >= 11 is 0. The fraction of sp³-hybridized carbons (Fsp3) is 0.161. The third kappa shape index (κ3) is 4.60. The van der Waals surface area contributed by atoms with E-state index in [9.17, 15) is 9.90 Å². The largest absolute Gasteiger partial charge is 0.398 e. The number of halogens is 1. The zero-order chi connectivity index (χ0) is 28.8. The van der Waals surface area contributed by atoms with E-state index in [2.05, 4.69) is 10.1 Å². The maximum atomic E-state index is 15.3. The number of hydrogen-bond donors (Lipinski definition) is 4. The molecule has 8 nitrogen and oxygen atoms in total. The van der Waals surface area contributed by atoms with Gasteiger partial charge in [0.2, 0.25) is 0 Å². The summed E-state index contributed by atoms with van der Waals surface area (Å²) < 4.78 is 16.4. The highest BCUT2D eigenvalue weighted by atomic mass is 19.1. The lowest BCUT2D eigenvalue weighted by Gasteiger charge is -2.20. The van der Waals surface area contributed by atoms with Gasteiger partial charge in [-0.1, -0.05) is 39.0 Å². The van der Waals surface area contributed by atoms with E-state index in [-0.39, 0.29) is 16.6 Å². The number of fused-ring (bicyclic) bond motifs is 1. The van der Waals surface area contributed by atoms with Crippen molar-refractivity contribution in [3.05, 3.63) is 106 Å². The molecule has 6 N–H and O–H groups in total. The van der Waals surface area contributed by atoms with Crippen LogP contribution in [-0.2, 0) is 12.0 Å². The lowest BCUT2D eigenvalue weighted by molar-refractivity contribution is 0.282. The first-order chi connectivity index (χ1) is 19.0. The van der Waals surface area contributed by atoms with Crippen LogP contribution in [0.15, 0.2) is 77.9 Å². The second-order valence-corrected chi connectivity index (χ2v) is 10.6. The number of aliphatic hydroxyl groups excluding tert-OH is 1. The molecule has 0 bridgehead atoms. The minimum atomic E-state index is -0.641. The highest BCUT2D eigenvalue weighted by Crippen LogP contribution is 2.36. The number of benzene rings is 3. The van der Waals surface area contributed by atoms with Crippen LogP contribution in [0.5, 0.6) is 0 Å². The zero-order valence-corrected chi connectivity index (χ0v) is 22.4. The lowest BCUT2D eigenvalue weighted by Crippen LogP contribution is -2.24. The third-order valence-electron chi connectivity index (χ3n) is 6.96. The number of nitrogens with zero attached hydrogens (tertiary/aromatic N) is 3. The van der Waals surface area contributed by atoms with E-state index >= 15 is 4.39 Å². The summed E-state index contributed by atoms with van der Waals surface area (Å²) in [5.74, 6) is -0.856. The quantitative estimate of drug-likeness (QED) is 0.143. The van der Waals surface area contributed by atoms with Gasteiger partial charge in [0, 0.05) is 28.3 Å². The molecule has 0 fully saturated rings. The summed E-state index contributed by atoms with van der Waals surface area (Å²) in [5.41, 5.74) is 15.7. The van der Waals surface area contributed by atoms with Crippen molar-refractivity contribution in [1.82, 2.24) is 14.8 Å². The number of aromatic nitrogens is 3. The van der Waals surface area contributed by atoms with Crippen LogP contribution in [0.2, 0.25) is 0 Å². The van der Waals surface area contributed by atoms with E-state index in [0.717, 1.165) is 10.2 Å². The standard InChI is InChI=1S/C31H29FN6O2/c1-31(2,3)19-11-18-15-37-38(30(40)27(18)24(32)14-19)26-9-6-7-20(23(26)16-39)17-12-21(25-8-4-5-10-36-25)28(33)22(13-17)29(34)35/h4-15,39H,16,33H2,1-3H3,(H3,34,35). The molecule has 0 unspecified atom stereocenters. The second-order valence-electron chi connectivity index (χ2n) is 10.6. The number of nitrogens with one attached hydrogen (secondary N) is 1. The fourth-order valence-corrected chi connectivity index (χ4v) is 4.81. The van der Waals surface area contributed by atoms with Gasteiger partial charge in [0.05, 0.1) is 35.3 Å². The summed E-state index contributed by atoms with van der Waals surface area (Å²) in [5, 5.41) is 23.3. The first-order valence-corrected chi connectivity index (χ1v) is 12.7. The van der Waals surface area contributed by atoms with Crippen LogP contribution >= 0.6 is 0 Å². The van der Waals surface area contributed by atoms with Gasteiger partial charge in [-0.2, -0.15) is 9.78 Å². The average Bonchev–Trinajstić information content (AvgIpc) is 2.92. The topological polar surface area (TPSA) is 144 Å². The predicted molar refractivity (Wildman–Crippen MR) is 156 cm³/mol. The number of nitrogen functional groups attached to an aromatic ring is 2. The molecular weight excluding hydrogens is 507 g/mol. The van der Waals surface area contributed by atoms with Crippen molar-refractivity contribution in [2.24, 2.45) is 5.73 Å². The van der Waals surface area contributed by atoms with Gasteiger partial charge >= 0.3 is 0 Å². The van der Waals surface area contributed by atoms with E-state index in [1.807, 2.05) is 26.8 Å². The highest BCUT2D eigenvalue weighted by Gasteiger charge is 2.21. The first-order valence-electron chi connectivity index (χ1n) is 12.7. The third-order valence-corrected chi connectivity index (χ3v) is 6.96. The highest BCUT2D eigenvalue weighted by molar-refractivity contribution is 6.04. The molecule has 0 atom stereocenters. The molecule has 9 heteroatoms. The van der Waals surface area contributed by atoms with Crippen LogP contribution in [0.3, 0.4) is 0 Å². The number of hydrogen-bond acceptors (Lipinski definition) is 6. The molecule has 0 aliphatic heterocycles. The molecule has 0 aliphatic rings. The normalized spacial score (nSPS) is 11.6. The Bertz CT molecular complexity index is 1840. The van der Waals surface area contributed by atoms with Gasteiger partial charge < -0.3 is 16.6 Å². The molecule has 0 aliphatic carbocycles. The van der Waals surface area contributed by atoms with Gasteiger partial charge in [0.15, 0.2) is 0 Å². The molecule has 0 radical (unpaired) electrons. The Labute approximate surface area is 230 Å². The molecule has 2 aromatic heterocycles. The SMILES string of the molecule is CC(C)(C)c1cc(F)c2c(=O)n(-c3cccc(-c4cc(C(=N)N)c(N)c(-c5ccccn5)c4)c3CO)ncc2c1. The smallest absolute Gasteiger partial charge is 0.282 e. The maximum absolute atomic E-state index is 15.3. The Morgan fingerprint density at radius 1 is 1.07 bits per heavy atom. The molecule has 0 spiro atoms. The first kappa shape index (κ1) is 26.7. The van der Waals surface area contributed by atoms with Crippen molar-refractivity contribution in [3.8, 4) is 28.1 Å².